The van der Waals surface area contributed by atoms with Crippen molar-refractivity contribution in [3.05, 3.63) is 23.3 Å². The first-order valence-electron chi connectivity index (χ1n) is 8.02. The number of carbonyl (C=O) groups excluding carboxylic acids is 2. The zero-order chi connectivity index (χ0) is 17.5. The summed E-state index contributed by atoms with van der Waals surface area (Å²) < 4.78 is 30.6. The van der Waals surface area contributed by atoms with E-state index in [2.05, 4.69) is 5.32 Å². The summed E-state index contributed by atoms with van der Waals surface area (Å²) in [5.74, 6) is -0.845. The molecule has 1 aromatic carbocycles. The number of nitrogens with one attached hydrogen (secondary N) is 1. The Bertz CT molecular complexity index is 687. The monoisotopic (exact) mass is 338 g/mol. The molecule has 1 aromatic rings. The van der Waals surface area contributed by atoms with E-state index in [1.165, 1.54) is 0 Å². The standard InChI is InChI=1S/C17H20F2N2O3/c1-10-8-12-13(9-11(10)2)24-17(4-3-5-17)16(23)21(12)7-6-20-15(22)14(18)19/h8-9,14H,3-7H2,1-2H3,(H,20,22). The molecule has 1 saturated carbocycles. The number of halogens is 2. The van der Waals surface area contributed by atoms with Crippen molar-refractivity contribution in [2.24, 2.45) is 0 Å². The van der Waals surface area contributed by atoms with Crippen LogP contribution in [-0.2, 0) is 9.59 Å². The van der Waals surface area contributed by atoms with Gasteiger partial charge in [-0.2, -0.15) is 8.78 Å². The number of amides is 2. The molecule has 1 heterocycles. The second-order valence-electron chi connectivity index (χ2n) is 6.40. The van der Waals surface area contributed by atoms with Gasteiger partial charge in [-0.25, -0.2) is 0 Å². The van der Waals surface area contributed by atoms with Gasteiger partial charge < -0.3 is 15.0 Å². The van der Waals surface area contributed by atoms with Gasteiger partial charge in [0.05, 0.1) is 5.69 Å². The lowest BCUT2D eigenvalue weighted by Crippen LogP contribution is -2.61. The number of anilines is 1. The number of fused-ring (bicyclic) bond motifs is 1. The minimum atomic E-state index is -3.06. The molecule has 0 unspecified atom stereocenters. The number of ether oxygens (including phenoxy) is 1. The molecule has 1 aliphatic heterocycles. The molecular weight excluding hydrogens is 318 g/mol. The molecule has 2 amide bonds. The molecule has 130 valence electrons. The quantitative estimate of drug-likeness (QED) is 0.917. The van der Waals surface area contributed by atoms with Gasteiger partial charge in [-0.15, -0.1) is 0 Å². The Labute approximate surface area is 139 Å². The molecule has 0 atom stereocenters. The molecular formula is C17H20F2N2O3. The van der Waals surface area contributed by atoms with Gasteiger partial charge in [0.25, 0.3) is 11.8 Å². The third-order valence-corrected chi connectivity index (χ3v) is 4.80. The summed E-state index contributed by atoms with van der Waals surface area (Å²) in [6.07, 6.45) is -0.835. The molecule has 1 N–H and O–H groups in total. The fourth-order valence-electron chi connectivity index (χ4n) is 3.08. The van der Waals surface area contributed by atoms with Crippen molar-refractivity contribution in [2.75, 3.05) is 18.0 Å². The highest BCUT2D eigenvalue weighted by Crippen LogP contribution is 2.46. The molecule has 0 radical (unpaired) electrons. The lowest BCUT2D eigenvalue weighted by atomic mass is 9.77. The van der Waals surface area contributed by atoms with Gasteiger partial charge in [0.15, 0.2) is 5.60 Å². The van der Waals surface area contributed by atoms with Crippen molar-refractivity contribution in [1.29, 1.82) is 0 Å². The predicted molar refractivity (Wildman–Crippen MR) is 84.5 cm³/mol. The molecule has 3 rings (SSSR count). The Balaban J connectivity index is 1.85. The van der Waals surface area contributed by atoms with Crippen LogP contribution in [0.4, 0.5) is 14.5 Å². The second-order valence-corrected chi connectivity index (χ2v) is 6.40. The third-order valence-electron chi connectivity index (χ3n) is 4.80. The Morgan fingerprint density at radius 3 is 2.58 bits per heavy atom. The number of hydrogen-bond acceptors (Lipinski definition) is 3. The van der Waals surface area contributed by atoms with Gasteiger partial charge in [-0.3, -0.25) is 9.59 Å². The van der Waals surface area contributed by atoms with Gasteiger partial charge >= 0.3 is 6.43 Å². The number of nitrogens with zero attached hydrogens (tertiary/aromatic N) is 1. The largest absolute Gasteiger partial charge is 0.475 e. The van der Waals surface area contributed by atoms with Gasteiger partial charge in [0, 0.05) is 13.1 Å². The first-order chi connectivity index (χ1) is 11.3. The number of hydrogen-bond donors (Lipinski definition) is 1. The predicted octanol–water partition coefficient (Wildman–Crippen LogP) is 2.33. The van der Waals surface area contributed by atoms with Crippen LogP contribution in [0.15, 0.2) is 12.1 Å². The second kappa shape index (κ2) is 6.03. The highest BCUT2D eigenvalue weighted by Gasteiger charge is 2.52. The maximum Gasteiger partial charge on any atom is 0.315 e. The summed E-state index contributed by atoms with van der Waals surface area (Å²) in [6.45, 7) is 4.01. The summed E-state index contributed by atoms with van der Waals surface area (Å²) >= 11 is 0. The number of aryl methyl sites for hydroxylation is 2. The summed E-state index contributed by atoms with van der Waals surface area (Å²) in [7, 11) is 0. The fraction of sp³-hybridized carbons (Fsp3) is 0.529. The van der Waals surface area contributed by atoms with Crippen molar-refractivity contribution in [3.8, 4) is 5.75 Å². The summed E-state index contributed by atoms with van der Waals surface area (Å²) in [6, 6.07) is 3.77. The summed E-state index contributed by atoms with van der Waals surface area (Å²) in [5.41, 5.74) is 1.87. The Morgan fingerprint density at radius 2 is 2.00 bits per heavy atom. The first-order valence-corrected chi connectivity index (χ1v) is 8.02. The van der Waals surface area contributed by atoms with Crippen LogP contribution in [0, 0.1) is 13.8 Å². The average molecular weight is 338 g/mol. The van der Waals surface area contributed by atoms with Crippen LogP contribution in [0.25, 0.3) is 0 Å². The molecule has 5 nitrogen and oxygen atoms in total. The van der Waals surface area contributed by atoms with E-state index < -0.39 is 17.9 Å². The van der Waals surface area contributed by atoms with Gasteiger partial charge in [-0.1, -0.05) is 0 Å². The van der Waals surface area contributed by atoms with Gasteiger partial charge in [0.2, 0.25) is 0 Å². The maximum absolute atomic E-state index is 12.8. The Morgan fingerprint density at radius 1 is 1.33 bits per heavy atom. The molecule has 0 saturated heterocycles. The molecule has 24 heavy (non-hydrogen) atoms. The van der Waals surface area contributed by atoms with Crippen molar-refractivity contribution >= 4 is 17.5 Å². The van der Waals surface area contributed by atoms with Crippen LogP contribution >= 0.6 is 0 Å². The number of rotatable bonds is 4. The molecule has 0 bridgehead atoms. The third kappa shape index (κ3) is 2.72. The highest BCUT2D eigenvalue weighted by atomic mass is 19.3. The van der Waals surface area contributed by atoms with E-state index in [-0.39, 0.29) is 19.0 Å². The van der Waals surface area contributed by atoms with E-state index in [0.29, 0.717) is 24.3 Å². The lowest BCUT2D eigenvalue weighted by Gasteiger charge is -2.47. The van der Waals surface area contributed by atoms with Crippen LogP contribution < -0.4 is 15.0 Å². The minimum Gasteiger partial charge on any atom is -0.475 e. The number of benzene rings is 1. The molecule has 7 heteroatoms. The smallest absolute Gasteiger partial charge is 0.315 e. The summed E-state index contributed by atoms with van der Waals surface area (Å²) in [5, 5.41) is 2.15. The zero-order valence-electron chi connectivity index (χ0n) is 13.7. The van der Waals surface area contributed by atoms with Crippen LogP contribution in [0.2, 0.25) is 0 Å². The molecule has 1 spiro atoms. The number of alkyl halides is 2. The maximum atomic E-state index is 12.8. The Kier molecular flexibility index (Phi) is 4.19. The summed E-state index contributed by atoms with van der Waals surface area (Å²) in [4.78, 5) is 25.4. The van der Waals surface area contributed by atoms with E-state index in [0.717, 1.165) is 17.5 Å². The first kappa shape index (κ1) is 16.7. The average Bonchev–Trinajstić information content (AvgIpc) is 2.49. The normalized spacial score (nSPS) is 18.2. The van der Waals surface area contributed by atoms with Gasteiger partial charge in [-0.05, 0) is 56.4 Å². The van der Waals surface area contributed by atoms with E-state index in [4.69, 9.17) is 4.74 Å². The van der Waals surface area contributed by atoms with Crippen molar-refractivity contribution < 1.29 is 23.1 Å². The Hall–Kier alpha value is -2.18. The highest BCUT2D eigenvalue weighted by molar-refractivity contribution is 6.03. The van der Waals surface area contributed by atoms with Crippen LogP contribution in [0.3, 0.4) is 0 Å². The van der Waals surface area contributed by atoms with Crippen molar-refractivity contribution in [1.82, 2.24) is 5.32 Å². The van der Waals surface area contributed by atoms with E-state index in [1.54, 1.807) is 4.90 Å². The SMILES string of the molecule is Cc1cc2c(cc1C)N(CCNC(=O)C(F)F)C(=O)C1(CCC1)O2. The molecule has 0 aromatic heterocycles. The zero-order valence-corrected chi connectivity index (χ0v) is 13.7. The minimum absolute atomic E-state index is 0.0304. The lowest BCUT2D eigenvalue weighted by molar-refractivity contribution is -0.143. The van der Waals surface area contributed by atoms with Crippen LogP contribution in [0.1, 0.15) is 30.4 Å². The van der Waals surface area contributed by atoms with Crippen molar-refractivity contribution in [2.45, 2.75) is 45.1 Å². The van der Waals surface area contributed by atoms with E-state index in [9.17, 15) is 18.4 Å². The molecule has 1 fully saturated rings. The van der Waals surface area contributed by atoms with E-state index >= 15 is 0 Å². The van der Waals surface area contributed by atoms with Gasteiger partial charge in [0.1, 0.15) is 5.75 Å². The van der Waals surface area contributed by atoms with Crippen LogP contribution in [0.5, 0.6) is 5.75 Å². The van der Waals surface area contributed by atoms with Crippen molar-refractivity contribution in [3.63, 3.8) is 0 Å². The molecule has 2 aliphatic rings. The number of carbonyl (C=O) groups is 2. The van der Waals surface area contributed by atoms with E-state index in [1.807, 2.05) is 26.0 Å². The van der Waals surface area contributed by atoms with Crippen LogP contribution in [-0.4, -0.2) is 36.9 Å². The molecule has 1 aliphatic carbocycles. The topological polar surface area (TPSA) is 58.6 Å². The fourth-order valence-corrected chi connectivity index (χ4v) is 3.08.